The second-order valence-electron chi connectivity index (χ2n) is 4.57. The number of ether oxygens (including phenoxy) is 1. The van der Waals surface area contributed by atoms with Gasteiger partial charge < -0.3 is 20.5 Å². The zero-order valence-electron chi connectivity index (χ0n) is 12.0. The van der Waals surface area contributed by atoms with Crippen LogP contribution in [0.1, 0.15) is 40.0 Å². The molecule has 5 heteroatoms. The van der Waals surface area contributed by atoms with Crippen LogP contribution in [0.15, 0.2) is 0 Å². The highest BCUT2D eigenvalue weighted by Gasteiger charge is 2.18. The van der Waals surface area contributed by atoms with Crippen LogP contribution in [-0.4, -0.2) is 49.5 Å². The molecule has 5 nitrogen and oxygen atoms in total. The number of hydrogen-bond donors (Lipinski definition) is 3. The molecule has 3 N–H and O–H groups in total. The lowest BCUT2D eigenvalue weighted by atomic mass is 10.1. The molecule has 0 aromatic rings. The lowest BCUT2D eigenvalue weighted by molar-refractivity contribution is -0.123. The fraction of sp³-hybridized carbons (Fsp3) is 0.923. The molecule has 0 spiro atoms. The largest absolute Gasteiger partial charge is 0.395 e. The van der Waals surface area contributed by atoms with Crippen molar-refractivity contribution < 1.29 is 14.6 Å². The van der Waals surface area contributed by atoms with Gasteiger partial charge in [0.2, 0.25) is 5.91 Å². The normalized spacial score (nSPS) is 14.6. The van der Waals surface area contributed by atoms with E-state index >= 15 is 0 Å². The van der Waals surface area contributed by atoms with Gasteiger partial charge in [0.05, 0.1) is 12.6 Å². The highest BCUT2D eigenvalue weighted by Crippen LogP contribution is 1.99. The third-order valence-corrected chi connectivity index (χ3v) is 3.10. The maximum atomic E-state index is 11.9. The minimum Gasteiger partial charge on any atom is -0.395 e. The molecule has 0 aliphatic carbocycles. The molecule has 0 heterocycles. The molecule has 0 aliphatic rings. The van der Waals surface area contributed by atoms with Crippen molar-refractivity contribution >= 4 is 5.91 Å². The number of nitrogens with one attached hydrogen (secondary N) is 2. The van der Waals surface area contributed by atoms with Crippen molar-refractivity contribution in [3.63, 3.8) is 0 Å². The predicted octanol–water partition coefficient (Wildman–Crippen LogP) is 0.667. The first-order chi connectivity index (χ1) is 8.58. The van der Waals surface area contributed by atoms with Crippen molar-refractivity contribution in [2.45, 2.75) is 58.2 Å². The monoisotopic (exact) mass is 260 g/mol. The summed E-state index contributed by atoms with van der Waals surface area (Å²) in [6, 6.07) is -0.180. The smallest absolute Gasteiger partial charge is 0.237 e. The molecule has 0 bridgehead atoms. The van der Waals surface area contributed by atoms with Crippen molar-refractivity contribution in [2.24, 2.45) is 0 Å². The minimum atomic E-state index is -0.306. The molecule has 2 unspecified atom stereocenters. The summed E-state index contributed by atoms with van der Waals surface area (Å²) in [5.41, 5.74) is 0. The van der Waals surface area contributed by atoms with Crippen LogP contribution in [0.3, 0.4) is 0 Å². The van der Waals surface area contributed by atoms with Crippen LogP contribution in [0.2, 0.25) is 0 Å². The van der Waals surface area contributed by atoms with Crippen LogP contribution in [0.5, 0.6) is 0 Å². The number of aliphatic hydroxyl groups excluding tert-OH is 1. The Morgan fingerprint density at radius 3 is 2.33 bits per heavy atom. The first-order valence-corrected chi connectivity index (χ1v) is 6.75. The average Bonchev–Trinajstić information content (AvgIpc) is 2.39. The van der Waals surface area contributed by atoms with Crippen molar-refractivity contribution in [1.29, 1.82) is 0 Å². The molecular weight excluding hydrogens is 232 g/mol. The summed E-state index contributed by atoms with van der Waals surface area (Å²) in [4.78, 5) is 11.9. The number of carbonyl (C=O) groups excluding carboxylic acids is 1. The lowest BCUT2D eigenvalue weighted by Crippen LogP contribution is -2.50. The standard InChI is InChI=1S/C13H28N2O3/c1-5-11(6-2)15-13(17)10(3)14-12(9-16)7-8-18-4/h10-12,14,16H,5-9H2,1-4H3,(H,15,17). The maximum absolute atomic E-state index is 11.9. The third-order valence-electron chi connectivity index (χ3n) is 3.10. The fourth-order valence-electron chi connectivity index (χ4n) is 1.74. The average molecular weight is 260 g/mol. The lowest BCUT2D eigenvalue weighted by Gasteiger charge is -2.23. The molecule has 108 valence electrons. The summed E-state index contributed by atoms with van der Waals surface area (Å²) in [6.45, 7) is 6.50. The first kappa shape index (κ1) is 17.4. The molecule has 0 rings (SSSR count). The van der Waals surface area contributed by atoms with Crippen molar-refractivity contribution in [2.75, 3.05) is 20.3 Å². The molecule has 0 saturated heterocycles. The van der Waals surface area contributed by atoms with Crippen LogP contribution >= 0.6 is 0 Å². The second kappa shape index (κ2) is 10.3. The van der Waals surface area contributed by atoms with Gasteiger partial charge in [0, 0.05) is 25.8 Å². The first-order valence-electron chi connectivity index (χ1n) is 6.75. The Morgan fingerprint density at radius 1 is 1.28 bits per heavy atom. The van der Waals surface area contributed by atoms with Gasteiger partial charge in [-0.3, -0.25) is 4.79 Å². The Labute approximate surface area is 110 Å². The highest BCUT2D eigenvalue weighted by molar-refractivity contribution is 5.81. The Bertz CT molecular complexity index is 220. The van der Waals surface area contributed by atoms with E-state index in [1.807, 2.05) is 6.92 Å². The van der Waals surface area contributed by atoms with E-state index in [0.29, 0.717) is 13.0 Å². The summed E-state index contributed by atoms with van der Waals surface area (Å²) in [6.07, 6.45) is 2.56. The Kier molecular flexibility index (Phi) is 9.92. The van der Waals surface area contributed by atoms with Gasteiger partial charge in [-0.15, -0.1) is 0 Å². The number of methoxy groups -OCH3 is 1. The van der Waals surface area contributed by atoms with E-state index in [9.17, 15) is 9.90 Å². The summed E-state index contributed by atoms with van der Waals surface area (Å²) < 4.78 is 4.96. The van der Waals surface area contributed by atoms with Gasteiger partial charge in [-0.2, -0.15) is 0 Å². The van der Waals surface area contributed by atoms with Crippen molar-refractivity contribution in [3.05, 3.63) is 0 Å². The van der Waals surface area contributed by atoms with Crippen LogP contribution < -0.4 is 10.6 Å². The highest BCUT2D eigenvalue weighted by atomic mass is 16.5. The van der Waals surface area contributed by atoms with Gasteiger partial charge in [0.1, 0.15) is 0 Å². The minimum absolute atomic E-state index is 0.00592. The Hall–Kier alpha value is -0.650. The van der Waals surface area contributed by atoms with E-state index < -0.39 is 0 Å². The van der Waals surface area contributed by atoms with Gasteiger partial charge in [-0.1, -0.05) is 13.8 Å². The fourth-order valence-corrected chi connectivity index (χ4v) is 1.74. The number of amides is 1. The topological polar surface area (TPSA) is 70.6 Å². The van der Waals surface area contributed by atoms with Gasteiger partial charge in [0.15, 0.2) is 0 Å². The summed E-state index contributed by atoms with van der Waals surface area (Å²) >= 11 is 0. The Balaban J connectivity index is 4.11. The summed E-state index contributed by atoms with van der Waals surface area (Å²) in [5, 5.41) is 15.3. The zero-order chi connectivity index (χ0) is 14.0. The zero-order valence-corrected chi connectivity index (χ0v) is 12.0. The molecule has 1 amide bonds. The van der Waals surface area contributed by atoms with Crippen molar-refractivity contribution in [1.82, 2.24) is 10.6 Å². The molecule has 2 atom stereocenters. The van der Waals surface area contributed by atoms with E-state index in [1.54, 1.807) is 7.11 Å². The molecule has 18 heavy (non-hydrogen) atoms. The number of aliphatic hydroxyl groups is 1. The second-order valence-corrected chi connectivity index (χ2v) is 4.57. The van der Waals surface area contributed by atoms with Gasteiger partial charge in [0.25, 0.3) is 0 Å². The van der Waals surface area contributed by atoms with E-state index in [4.69, 9.17) is 4.74 Å². The van der Waals surface area contributed by atoms with E-state index in [1.165, 1.54) is 0 Å². The van der Waals surface area contributed by atoms with Gasteiger partial charge in [-0.05, 0) is 26.2 Å². The molecule has 0 fully saturated rings. The van der Waals surface area contributed by atoms with Crippen LogP contribution in [0.25, 0.3) is 0 Å². The number of rotatable bonds is 10. The van der Waals surface area contributed by atoms with Crippen LogP contribution in [0.4, 0.5) is 0 Å². The molecule has 0 aromatic carbocycles. The number of carbonyl (C=O) groups is 1. The third kappa shape index (κ3) is 6.93. The molecule has 0 aromatic heterocycles. The SMILES string of the molecule is CCC(CC)NC(=O)C(C)NC(CO)CCOC. The number of hydrogen-bond acceptors (Lipinski definition) is 4. The predicted molar refractivity (Wildman–Crippen MR) is 72.5 cm³/mol. The van der Waals surface area contributed by atoms with Crippen molar-refractivity contribution in [3.8, 4) is 0 Å². The van der Waals surface area contributed by atoms with Gasteiger partial charge >= 0.3 is 0 Å². The summed E-state index contributed by atoms with van der Waals surface area (Å²) in [7, 11) is 1.62. The van der Waals surface area contributed by atoms with Crippen LogP contribution in [-0.2, 0) is 9.53 Å². The maximum Gasteiger partial charge on any atom is 0.237 e. The molecule has 0 aliphatic heterocycles. The quantitative estimate of drug-likeness (QED) is 0.540. The molecular formula is C13H28N2O3. The van der Waals surface area contributed by atoms with Gasteiger partial charge in [-0.25, -0.2) is 0 Å². The Morgan fingerprint density at radius 2 is 1.89 bits per heavy atom. The summed E-state index contributed by atoms with van der Waals surface area (Å²) in [5.74, 6) is -0.0143. The molecule has 0 radical (unpaired) electrons. The van der Waals surface area contributed by atoms with E-state index in [-0.39, 0.29) is 30.6 Å². The van der Waals surface area contributed by atoms with E-state index in [2.05, 4.69) is 24.5 Å². The van der Waals surface area contributed by atoms with Crippen LogP contribution in [0, 0.1) is 0 Å². The van der Waals surface area contributed by atoms with E-state index in [0.717, 1.165) is 12.8 Å². The molecule has 0 saturated carbocycles.